The molecule has 0 aliphatic carbocycles. The maximum absolute atomic E-state index is 12.1. The fourth-order valence-corrected chi connectivity index (χ4v) is 1.30. The van der Waals surface area contributed by atoms with Gasteiger partial charge in [-0.3, -0.25) is 0 Å². The molecular formula is C8H12F3N2+. The molecule has 0 bridgehead atoms. The first kappa shape index (κ1) is 10.1. The molecule has 0 saturated heterocycles. The Morgan fingerprint density at radius 3 is 2.23 bits per heavy atom. The number of alkyl halides is 3. The van der Waals surface area contributed by atoms with Gasteiger partial charge in [-0.05, 0) is 6.92 Å². The Bertz CT molecular complexity index is 312. The topological polar surface area (TPSA) is 8.81 Å². The van der Waals surface area contributed by atoms with Crippen molar-refractivity contribution in [2.75, 3.05) is 0 Å². The Morgan fingerprint density at radius 2 is 1.92 bits per heavy atom. The van der Waals surface area contributed by atoms with Gasteiger partial charge in [0.2, 0.25) is 5.69 Å². The summed E-state index contributed by atoms with van der Waals surface area (Å²) in [6.07, 6.45) is -4.16. The van der Waals surface area contributed by atoms with Crippen LogP contribution in [-0.4, -0.2) is 10.9 Å². The van der Waals surface area contributed by atoms with E-state index < -0.39 is 12.7 Å². The quantitative estimate of drug-likeness (QED) is 0.597. The first-order valence-corrected chi connectivity index (χ1v) is 3.91. The van der Waals surface area contributed by atoms with Crippen molar-refractivity contribution in [1.29, 1.82) is 0 Å². The maximum atomic E-state index is 12.1. The lowest BCUT2D eigenvalue weighted by atomic mass is 10.4. The van der Waals surface area contributed by atoms with Crippen molar-refractivity contribution in [3.8, 4) is 0 Å². The van der Waals surface area contributed by atoms with Gasteiger partial charge < -0.3 is 0 Å². The minimum Gasteiger partial charge on any atom is -0.169 e. The van der Waals surface area contributed by atoms with Gasteiger partial charge in [0.25, 0.3) is 0 Å². The zero-order valence-corrected chi connectivity index (χ0v) is 7.81. The third-order valence-corrected chi connectivity index (χ3v) is 2.03. The predicted molar refractivity (Wildman–Crippen MR) is 41.1 cm³/mol. The van der Waals surface area contributed by atoms with Gasteiger partial charge in [-0.25, -0.2) is 0 Å². The van der Waals surface area contributed by atoms with Crippen LogP contribution in [0.25, 0.3) is 0 Å². The van der Waals surface area contributed by atoms with Crippen molar-refractivity contribution < 1.29 is 17.9 Å². The summed E-state index contributed by atoms with van der Waals surface area (Å²) in [5.74, 6) is 0. The lowest BCUT2D eigenvalue weighted by Gasteiger charge is -2.06. The molecule has 13 heavy (non-hydrogen) atoms. The summed E-state index contributed by atoms with van der Waals surface area (Å²) in [7, 11) is 1.62. The van der Waals surface area contributed by atoms with Gasteiger partial charge in [-0.1, -0.05) is 0 Å². The zero-order chi connectivity index (χ0) is 10.2. The molecule has 0 aliphatic rings. The van der Waals surface area contributed by atoms with Crippen LogP contribution in [0.4, 0.5) is 13.2 Å². The van der Waals surface area contributed by atoms with Crippen molar-refractivity contribution in [3.05, 3.63) is 17.5 Å². The van der Waals surface area contributed by atoms with E-state index in [0.717, 1.165) is 5.69 Å². The Morgan fingerprint density at radius 1 is 1.38 bits per heavy atom. The second-order valence-electron chi connectivity index (χ2n) is 3.12. The fraction of sp³-hybridized carbons (Fsp3) is 0.625. The monoisotopic (exact) mass is 193 g/mol. The minimum atomic E-state index is -4.16. The number of hydrogen-bond acceptors (Lipinski definition) is 0. The zero-order valence-electron chi connectivity index (χ0n) is 7.81. The van der Waals surface area contributed by atoms with Crippen LogP contribution in [0.5, 0.6) is 0 Å². The highest BCUT2D eigenvalue weighted by atomic mass is 19.4. The number of hydrogen-bond donors (Lipinski definition) is 0. The molecule has 74 valence electrons. The van der Waals surface area contributed by atoms with Crippen LogP contribution in [0, 0.1) is 13.8 Å². The highest BCUT2D eigenvalue weighted by molar-refractivity contribution is 5.01. The number of nitrogens with zero attached hydrogens (tertiary/aromatic N) is 2. The SMILES string of the molecule is Cc1cc(C)[n+](C)n1CC(F)(F)F. The van der Waals surface area contributed by atoms with Crippen molar-refractivity contribution in [2.24, 2.45) is 7.05 Å². The summed E-state index contributed by atoms with van der Waals surface area (Å²) in [6, 6.07) is 1.73. The molecule has 0 amide bonds. The summed E-state index contributed by atoms with van der Waals surface area (Å²) in [6.45, 7) is 2.52. The van der Waals surface area contributed by atoms with Crippen LogP contribution in [-0.2, 0) is 13.6 Å². The average Bonchev–Trinajstić information content (AvgIpc) is 2.14. The van der Waals surface area contributed by atoms with Gasteiger partial charge in [-0.15, -0.1) is 9.36 Å². The molecule has 0 spiro atoms. The van der Waals surface area contributed by atoms with Crippen molar-refractivity contribution >= 4 is 0 Å². The standard InChI is InChI=1S/C8H12F3N2/c1-6-4-7(2)13(12(6)3)5-8(9,10)11/h4H,5H2,1-3H3/q+1. The molecule has 1 aromatic heterocycles. The van der Waals surface area contributed by atoms with E-state index in [-0.39, 0.29) is 0 Å². The van der Waals surface area contributed by atoms with Gasteiger partial charge in [0, 0.05) is 13.0 Å². The van der Waals surface area contributed by atoms with Crippen LogP contribution in [0.3, 0.4) is 0 Å². The Hall–Kier alpha value is -1.00. The number of aromatic nitrogens is 2. The third-order valence-electron chi connectivity index (χ3n) is 2.03. The summed E-state index contributed by atoms with van der Waals surface area (Å²) in [4.78, 5) is 0. The molecule has 0 aliphatic heterocycles. The van der Waals surface area contributed by atoms with Crippen molar-refractivity contribution in [2.45, 2.75) is 26.6 Å². The molecule has 1 rings (SSSR count). The first-order valence-electron chi connectivity index (χ1n) is 3.91. The largest absolute Gasteiger partial charge is 0.411 e. The molecule has 2 nitrogen and oxygen atoms in total. The first-order chi connectivity index (χ1) is 5.81. The molecule has 0 aromatic carbocycles. The van der Waals surface area contributed by atoms with Crippen LogP contribution in [0.15, 0.2) is 6.07 Å². The molecule has 0 saturated carbocycles. The molecular weight excluding hydrogens is 181 g/mol. The summed E-state index contributed by atoms with van der Waals surface area (Å²) in [5.41, 5.74) is 1.44. The maximum Gasteiger partial charge on any atom is 0.411 e. The highest BCUT2D eigenvalue weighted by Crippen LogP contribution is 2.17. The molecule has 0 atom stereocenters. The van der Waals surface area contributed by atoms with E-state index in [1.165, 1.54) is 9.36 Å². The van der Waals surface area contributed by atoms with Gasteiger partial charge in [0.15, 0.2) is 13.6 Å². The fourth-order valence-electron chi connectivity index (χ4n) is 1.30. The molecule has 0 fully saturated rings. The van der Waals surface area contributed by atoms with E-state index in [2.05, 4.69) is 0 Å². The van der Waals surface area contributed by atoms with Gasteiger partial charge >= 0.3 is 6.18 Å². The molecule has 1 heterocycles. The lowest BCUT2D eigenvalue weighted by molar-refractivity contribution is -0.761. The van der Waals surface area contributed by atoms with E-state index >= 15 is 0 Å². The number of halogens is 3. The summed E-state index contributed by atoms with van der Waals surface area (Å²) < 4.78 is 38.9. The van der Waals surface area contributed by atoms with Crippen LogP contribution in [0.1, 0.15) is 11.4 Å². The van der Waals surface area contributed by atoms with E-state index in [0.29, 0.717) is 5.69 Å². The molecule has 5 heteroatoms. The van der Waals surface area contributed by atoms with E-state index in [4.69, 9.17) is 0 Å². The van der Waals surface area contributed by atoms with Gasteiger partial charge in [0.05, 0.1) is 5.69 Å². The van der Waals surface area contributed by atoms with Crippen LogP contribution >= 0.6 is 0 Å². The Labute approximate surface area is 74.6 Å². The minimum absolute atomic E-state index is 0.623. The average molecular weight is 193 g/mol. The Balaban J connectivity index is 3.01. The second kappa shape index (κ2) is 3.05. The lowest BCUT2D eigenvalue weighted by Crippen LogP contribution is -2.44. The molecule has 0 unspecified atom stereocenters. The van der Waals surface area contributed by atoms with Gasteiger partial charge in [0.1, 0.15) is 0 Å². The predicted octanol–water partition coefficient (Wildman–Crippen LogP) is 1.49. The highest BCUT2D eigenvalue weighted by Gasteiger charge is 2.32. The van der Waals surface area contributed by atoms with Crippen molar-refractivity contribution in [3.63, 3.8) is 0 Å². The smallest absolute Gasteiger partial charge is 0.169 e. The van der Waals surface area contributed by atoms with E-state index in [9.17, 15) is 13.2 Å². The molecule has 0 N–H and O–H groups in total. The summed E-state index contributed by atoms with van der Waals surface area (Å²) >= 11 is 0. The Kier molecular flexibility index (Phi) is 2.36. The normalized spacial score (nSPS) is 12.2. The molecule has 1 aromatic rings. The number of rotatable bonds is 1. The van der Waals surface area contributed by atoms with Crippen LogP contribution < -0.4 is 4.68 Å². The third kappa shape index (κ3) is 2.23. The van der Waals surface area contributed by atoms with Crippen molar-refractivity contribution in [1.82, 2.24) is 4.68 Å². The van der Waals surface area contributed by atoms with Crippen LogP contribution in [0.2, 0.25) is 0 Å². The van der Waals surface area contributed by atoms with E-state index in [1.54, 1.807) is 27.0 Å². The second-order valence-corrected chi connectivity index (χ2v) is 3.12. The molecule has 0 radical (unpaired) electrons. The van der Waals surface area contributed by atoms with Gasteiger partial charge in [-0.2, -0.15) is 13.2 Å². The number of aryl methyl sites for hydroxylation is 2. The van der Waals surface area contributed by atoms with E-state index in [1.807, 2.05) is 0 Å². The summed E-state index contributed by atoms with van der Waals surface area (Å²) in [5, 5.41) is 0.